The maximum Gasteiger partial charge on any atom is 0.410 e. The van der Waals surface area contributed by atoms with E-state index in [9.17, 15) is 4.79 Å². The van der Waals surface area contributed by atoms with E-state index in [1.807, 2.05) is 37.4 Å². The van der Waals surface area contributed by atoms with E-state index in [4.69, 9.17) is 4.74 Å². The lowest BCUT2D eigenvalue weighted by Crippen LogP contribution is -2.34. The Labute approximate surface area is 128 Å². The van der Waals surface area contributed by atoms with Crippen LogP contribution in [0.1, 0.15) is 38.1 Å². The lowest BCUT2D eigenvalue weighted by atomic mass is 10.2. The number of hydrogen-bond acceptors (Lipinski definition) is 3. The zero-order valence-corrected chi connectivity index (χ0v) is 14.1. The van der Waals surface area contributed by atoms with Crippen LogP contribution in [0.4, 0.5) is 4.79 Å². The number of aryl methyl sites for hydroxylation is 2. The van der Waals surface area contributed by atoms with Gasteiger partial charge < -0.3 is 4.74 Å². The summed E-state index contributed by atoms with van der Waals surface area (Å²) in [6, 6.07) is 0.316. The van der Waals surface area contributed by atoms with Crippen molar-refractivity contribution in [3.63, 3.8) is 0 Å². The van der Waals surface area contributed by atoms with Crippen molar-refractivity contribution in [3.05, 3.63) is 15.9 Å². The first kappa shape index (κ1) is 15.4. The number of ether oxygens (including phenoxy) is 1. The van der Waals surface area contributed by atoms with E-state index < -0.39 is 0 Å². The smallest absolute Gasteiger partial charge is 0.410 e. The van der Waals surface area contributed by atoms with Gasteiger partial charge >= 0.3 is 6.09 Å². The zero-order chi connectivity index (χ0) is 14.9. The standard InChI is InChI=1S/C14H22BrN3O2/c1-9(2)8-20-14(19)18(11-5-6-11)7-12-13(15)10(3)16-17(12)4/h9,11H,5-8H2,1-4H3. The van der Waals surface area contributed by atoms with Crippen LogP contribution in [0.25, 0.3) is 0 Å². The lowest BCUT2D eigenvalue weighted by Gasteiger charge is -2.22. The van der Waals surface area contributed by atoms with Crippen molar-refractivity contribution in [1.82, 2.24) is 14.7 Å². The summed E-state index contributed by atoms with van der Waals surface area (Å²) < 4.78 is 8.17. The molecule has 1 saturated carbocycles. The molecule has 0 saturated heterocycles. The fraction of sp³-hybridized carbons (Fsp3) is 0.714. The van der Waals surface area contributed by atoms with Gasteiger partial charge in [-0.05, 0) is 41.6 Å². The third-order valence-corrected chi connectivity index (χ3v) is 4.38. The van der Waals surface area contributed by atoms with Crippen LogP contribution in [0.15, 0.2) is 4.47 Å². The summed E-state index contributed by atoms with van der Waals surface area (Å²) in [5.41, 5.74) is 1.95. The summed E-state index contributed by atoms with van der Waals surface area (Å²) in [6.07, 6.45) is 1.91. The van der Waals surface area contributed by atoms with Gasteiger partial charge in [-0.25, -0.2) is 4.79 Å². The molecule has 112 valence electrons. The van der Waals surface area contributed by atoms with E-state index in [-0.39, 0.29) is 6.09 Å². The van der Waals surface area contributed by atoms with E-state index in [2.05, 4.69) is 21.0 Å². The van der Waals surface area contributed by atoms with Gasteiger partial charge in [-0.15, -0.1) is 0 Å². The van der Waals surface area contributed by atoms with E-state index in [1.165, 1.54) is 0 Å². The van der Waals surface area contributed by atoms with E-state index in [0.717, 1.165) is 28.7 Å². The number of nitrogens with zero attached hydrogens (tertiary/aromatic N) is 3. The van der Waals surface area contributed by atoms with Gasteiger partial charge in [-0.1, -0.05) is 13.8 Å². The minimum absolute atomic E-state index is 0.216. The average molecular weight is 344 g/mol. The summed E-state index contributed by atoms with van der Waals surface area (Å²) in [6.45, 7) is 7.03. The molecule has 1 heterocycles. The quantitative estimate of drug-likeness (QED) is 0.824. The van der Waals surface area contributed by atoms with Crippen LogP contribution in [-0.4, -0.2) is 33.4 Å². The van der Waals surface area contributed by atoms with Crippen LogP contribution in [0.3, 0.4) is 0 Å². The van der Waals surface area contributed by atoms with Crippen LogP contribution >= 0.6 is 15.9 Å². The molecular weight excluding hydrogens is 322 g/mol. The summed E-state index contributed by atoms with van der Waals surface area (Å²) in [7, 11) is 1.90. The number of aromatic nitrogens is 2. The van der Waals surface area contributed by atoms with Crippen LogP contribution in [0.2, 0.25) is 0 Å². The highest BCUT2D eigenvalue weighted by molar-refractivity contribution is 9.10. The zero-order valence-electron chi connectivity index (χ0n) is 12.5. The molecule has 6 heteroatoms. The summed E-state index contributed by atoms with van der Waals surface area (Å²) in [4.78, 5) is 14.0. The molecule has 1 aliphatic rings. The highest BCUT2D eigenvalue weighted by atomic mass is 79.9. The molecule has 1 fully saturated rings. The van der Waals surface area contributed by atoms with Gasteiger partial charge in [0, 0.05) is 13.1 Å². The minimum Gasteiger partial charge on any atom is -0.449 e. The predicted molar refractivity (Wildman–Crippen MR) is 80.4 cm³/mol. The van der Waals surface area contributed by atoms with Gasteiger partial charge in [0.05, 0.1) is 29.0 Å². The van der Waals surface area contributed by atoms with Crippen molar-refractivity contribution in [2.75, 3.05) is 6.61 Å². The Morgan fingerprint density at radius 2 is 2.20 bits per heavy atom. The normalized spacial score (nSPS) is 14.7. The average Bonchev–Trinajstić information content (AvgIpc) is 3.16. The highest BCUT2D eigenvalue weighted by Gasteiger charge is 2.34. The minimum atomic E-state index is -0.216. The Morgan fingerprint density at radius 3 is 2.65 bits per heavy atom. The molecule has 1 aromatic rings. The first-order chi connectivity index (χ1) is 9.40. The maximum absolute atomic E-state index is 12.2. The Kier molecular flexibility index (Phi) is 4.73. The highest BCUT2D eigenvalue weighted by Crippen LogP contribution is 2.31. The summed E-state index contributed by atoms with van der Waals surface area (Å²) in [5.74, 6) is 0.352. The second-order valence-corrected chi connectivity index (χ2v) is 6.59. The van der Waals surface area contributed by atoms with Crippen molar-refractivity contribution < 1.29 is 9.53 Å². The molecule has 0 atom stereocenters. The number of rotatable bonds is 5. The number of hydrogen-bond donors (Lipinski definition) is 0. The maximum atomic E-state index is 12.2. The van der Waals surface area contributed by atoms with Gasteiger partial charge in [-0.2, -0.15) is 5.10 Å². The molecule has 0 spiro atoms. The number of carbonyl (C=O) groups excluding carboxylic acids is 1. The molecule has 1 amide bonds. The van der Waals surface area contributed by atoms with Gasteiger partial charge in [-0.3, -0.25) is 9.58 Å². The predicted octanol–water partition coefficient (Wildman–Crippen LogP) is 3.25. The van der Waals surface area contributed by atoms with Crippen molar-refractivity contribution in [3.8, 4) is 0 Å². The third kappa shape index (κ3) is 3.53. The fourth-order valence-electron chi connectivity index (χ4n) is 2.06. The molecule has 2 rings (SSSR count). The Hall–Kier alpha value is -1.04. The Morgan fingerprint density at radius 1 is 1.55 bits per heavy atom. The number of amides is 1. The molecular formula is C14H22BrN3O2. The van der Waals surface area contributed by atoms with Crippen LogP contribution < -0.4 is 0 Å². The van der Waals surface area contributed by atoms with Crippen molar-refractivity contribution in [1.29, 1.82) is 0 Å². The van der Waals surface area contributed by atoms with Crippen LogP contribution in [-0.2, 0) is 18.3 Å². The third-order valence-electron chi connectivity index (χ3n) is 3.34. The van der Waals surface area contributed by atoms with Crippen molar-refractivity contribution >= 4 is 22.0 Å². The Balaban J connectivity index is 2.08. The topological polar surface area (TPSA) is 47.4 Å². The molecule has 1 aromatic heterocycles. The number of halogens is 1. The van der Waals surface area contributed by atoms with E-state index in [1.54, 1.807) is 0 Å². The SMILES string of the molecule is Cc1nn(C)c(CN(C(=O)OCC(C)C)C2CC2)c1Br. The summed E-state index contributed by atoms with van der Waals surface area (Å²) >= 11 is 3.55. The largest absolute Gasteiger partial charge is 0.449 e. The van der Waals surface area contributed by atoms with Gasteiger partial charge in [0.1, 0.15) is 0 Å². The molecule has 0 bridgehead atoms. The molecule has 0 radical (unpaired) electrons. The van der Waals surface area contributed by atoms with Gasteiger partial charge in [0.15, 0.2) is 0 Å². The van der Waals surface area contributed by atoms with E-state index in [0.29, 0.717) is 25.1 Å². The summed E-state index contributed by atoms with van der Waals surface area (Å²) in [5, 5.41) is 4.37. The molecule has 20 heavy (non-hydrogen) atoms. The van der Waals surface area contributed by atoms with E-state index >= 15 is 0 Å². The van der Waals surface area contributed by atoms with Crippen LogP contribution in [0.5, 0.6) is 0 Å². The monoisotopic (exact) mass is 343 g/mol. The lowest BCUT2D eigenvalue weighted by molar-refractivity contribution is 0.0861. The first-order valence-corrected chi connectivity index (χ1v) is 7.80. The Bertz CT molecular complexity index is 495. The van der Waals surface area contributed by atoms with Gasteiger partial charge in [0.25, 0.3) is 0 Å². The molecule has 0 N–H and O–H groups in total. The van der Waals surface area contributed by atoms with Crippen molar-refractivity contribution in [2.24, 2.45) is 13.0 Å². The molecule has 5 nitrogen and oxygen atoms in total. The molecule has 0 aromatic carbocycles. The van der Waals surface area contributed by atoms with Gasteiger partial charge in [0.2, 0.25) is 0 Å². The second-order valence-electron chi connectivity index (χ2n) is 5.80. The molecule has 0 unspecified atom stereocenters. The first-order valence-electron chi connectivity index (χ1n) is 7.01. The molecule has 0 aliphatic heterocycles. The fourth-order valence-corrected chi connectivity index (χ4v) is 2.52. The van der Waals surface area contributed by atoms with Crippen molar-refractivity contribution in [2.45, 2.75) is 46.2 Å². The van der Waals surface area contributed by atoms with Crippen LogP contribution in [0, 0.1) is 12.8 Å². The second kappa shape index (κ2) is 6.16. The number of carbonyl (C=O) groups is 1. The molecule has 1 aliphatic carbocycles.